The van der Waals surface area contributed by atoms with Gasteiger partial charge in [-0.25, -0.2) is 4.98 Å². The van der Waals surface area contributed by atoms with Crippen LogP contribution in [0.3, 0.4) is 0 Å². The van der Waals surface area contributed by atoms with E-state index in [9.17, 15) is 0 Å². The van der Waals surface area contributed by atoms with Crippen LogP contribution in [0.1, 0.15) is 18.7 Å². The molecule has 98 valence electrons. The number of H-pyrrole nitrogens is 1. The molecule has 0 aliphatic heterocycles. The lowest BCUT2D eigenvalue weighted by Crippen LogP contribution is -1.90. The minimum Gasteiger partial charge on any atom is -0.493 e. The molecule has 0 atom stereocenters. The van der Waals surface area contributed by atoms with Crippen molar-refractivity contribution in [1.82, 2.24) is 9.97 Å². The molecule has 2 N–H and O–H groups in total. The van der Waals surface area contributed by atoms with Crippen LogP contribution in [0.25, 0.3) is 11.0 Å². The third-order valence-corrected chi connectivity index (χ3v) is 2.86. The van der Waals surface area contributed by atoms with Crippen LogP contribution in [0.15, 0.2) is 12.1 Å². The summed E-state index contributed by atoms with van der Waals surface area (Å²) in [5, 5.41) is 8.76. The molecule has 0 bridgehead atoms. The SMILES string of the molecule is COc1cc2nc(CCCCO)[nH]c2cc1OC. The second-order valence-electron chi connectivity index (χ2n) is 4.09. The minimum absolute atomic E-state index is 0.224. The monoisotopic (exact) mass is 250 g/mol. The number of ether oxygens (including phenoxy) is 2. The number of nitrogens with zero attached hydrogens (tertiary/aromatic N) is 1. The Morgan fingerprint density at radius 2 is 1.89 bits per heavy atom. The largest absolute Gasteiger partial charge is 0.493 e. The molecular formula is C13H18N2O3. The van der Waals surface area contributed by atoms with Crippen LogP contribution in [0, 0.1) is 0 Å². The van der Waals surface area contributed by atoms with Crippen molar-refractivity contribution in [3.05, 3.63) is 18.0 Å². The predicted octanol–water partition coefficient (Wildman–Crippen LogP) is 1.90. The third kappa shape index (κ3) is 2.56. The molecule has 0 aliphatic rings. The van der Waals surface area contributed by atoms with Gasteiger partial charge in [0.15, 0.2) is 11.5 Å². The fraction of sp³-hybridized carbons (Fsp3) is 0.462. The summed E-state index contributed by atoms with van der Waals surface area (Å²) < 4.78 is 10.5. The van der Waals surface area contributed by atoms with Crippen molar-refractivity contribution in [3.63, 3.8) is 0 Å². The molecule has 2 aromatic rings. The fourth-order valence-electron chi connectivity index (χ4n) is 1.91. The molecule has 5 nitrogen and oxygen atoms in total. The van der Waals surface area contributed by atoms with Gasteiger partial charge >= 0.3 is 0 Å². The minimum atomic E-state index is 0.224. The van der Waals surface area contributed by atoms with Gasteiger partial charge in [0.2, 0.25) is 0 Å². The highest BCUT2D eigenvalue weighted by atomic mass is 16.5. The molecule has 0 radical (unpaired) electrons. The summed E-state index contributed by atoms with van der Waals surface area (Å²) in [6.45, 7) is 0.224. The highest BCUT2D eigenvalue weighted by Crippen LogP contribution is 2.31. The Morgan fingerprint density at radius 3 is 2.56 bits per heavy atom. The number of fused-ring (bicyclic) bond motifs is 1. The van der Waals surface area contributed by atoms with E-state index in [4.69, 9.17) is 14.6 Å². The molecule has 1 aromatic heterocycles. The first-order valence-corrected chi connectivity index (χ1v) is 6.00. The maximum atomic E-state index is 8.76. The quantitative estimate of drug-likeness (QED) is 0.768. The van der Waals surface area contributed by atoms with E-state index in [-0.39, 0.29) is 6.61 Å². The Morgan fingerprint density at radius 1 is 1.17 bits per heavy atom. The lowest BCUT2D eigenvalue weighted by Gasteiger charge is -2.06. The number of benzene rings is 1. The van der Waals surface area contributed by atoms with Crippen LogP contribution in [0.2, 0.25) is 0 Å². The van der Waals surface area contributed by atoms with Gasteiger partial charge in [-0.2, -0.15) is 0 Å². The van der Waals surface area contributed by atoms with Gasteiger partial charge < -0.3 is 19.6 Å². The average molecular weight is 250 g/mol. The van der Waals surface area contributed by atoms with Crippen molar-refractivity contribution < 1.29 is 14.6 Å². The second-order valence-corrected chi connectivity index (χ2v) is 4.09. The van der Waals surface area contributed by atoms with Gasteiger partial charge in [-0.15, -0.1) is 0 Å². The highest BCUT2D eigenvalue weighted by Gasteiger charge is 2.09. The lowest BCUT2D eigenvalue weighted by molar-refractivity contribution is 0.284. The van der Waals surface area contributed by atoms with Gasteiger partial charge in [-0.3, -0.25) is 0 Å². The molecule has 5 heteroatoms. The van der Waals surface area contributed by atoms with Crippen LogP contribution in [0.5, 0.6) is 11.5 Å². The van der Waals surface area contributed by atoms with Gasteiger partial charge in [0.25, 0.3) is 0 Å². The normalized spacial score (nSPS) is 10.8. The molecule has 0 aliphatic carbocycles. The van der Waals surface area contributed by atoms with E-state index in [2.05, 4.69) is 9.97 Å². The maximum Gasteiger partial charge on any atom is 0.163 e. The van der Waals surface area contributed by atoms with Crippen molar-refractivity contribution in [2.24, 2.45) is 0 Å². The molecule has 0 spiro atoms. The van der Waals surface area contributed by atoms with Crippen molar-refractivity contribution >= 4 is 11.0 Å². The summed E-state index contributed by atoms with van der Waals surface area (Å²) in [5.41, 5.74) is 1.80. The summed E-state index contributed by atoms with van der Waals surface area (Å²) in [5.74, 6) is 2.29. The van der Waals surface area contributed by atoms with E-state index in [1.807, 2.05) is 12.1 Å². The second kappa shape index (κ2) is 5.73. The molecular weight excluding hydrogens is 232 g/mol. The van der Waals surface area contributed by atoms with Crippen molar-refractivity contribution in [2.45, 2.75) is 19.3 Å². The number of aliphatic hydroxyl groups excluding tert-OH is 1. The van der Waals surface area contributed by atoms with Gasteiger partial charge in [0, 0.05) is 25.2 Å². The fourth-order valence-corrected chi connectivity index (χ4v) is 1.91. The Balaban J connectivity index is 2.27. The van der Waals surface area contributed by atoms with E-state index < -0.39 is 0 Å². The maximum absolute atomic E-state index is 8.76. The molecule has 0 unspecified atom stereocenters. The average Bonchev–Trinajstić information content (AvgIpc) is 2.78. The van der Waals surface area contributed by atoms with Gasteiger partial charge in [0.1, 0.15) is 5.82 Å². The van der Waals surface area contributed by atoms with E-state index >= 15 is 0 Å². The molecule has 0 saturated carbocycles. The van der Waals surface area contributed by atoms with Gasteiger partial charge in [-0.05, 0) is 12.8 Å². The van der Waals surface area contributed by atoms with Crippen molar-refractivity contribution in [1.29, 1.82) is 0 Å². The lowest BCUT2D eigenvalue weighted by atomic mass is 10.2. The molecule has 0 amide bonds. The number of unbranched alkanes of at least 4 members (excludes halogenated alkanes) is 1. The zero-order valence-corrected chi connectivity index (χ0v) is 10.7. The molecule has 1 heterocycles. The Kier molecular flexibility index (Phi) is 4.04. The third-order valence-electron chi connectivity index (χ3n) is 2.86. The van der Waals surface area contributed by atoms with Crippen molar-refractivity contribution in [3.8, 4) is 11.5 Å². The molecule has 2 rings (SSSR count). The Labute approximate surface area is 106 Å². The standard InChI is InChI=1S/C13H18N2O3/c1-17-11-7-9-10(8-12(11)18-2)15-13(14-9)5-3-4-6-16/h7-8,16H,3-6H2,1-2H3,(H,14,15). The number of aromatic amines is 1. The summed E-state index contributed by atoms with van der Waals surface area (Å²) in [7, 11) is 3.22. The van der Waals surface area contributed by atoms with Crippen LogP contribution < -0.4 is 9.47 Å². The summed E-state index contributed by atoms with van der Waals surface area (Å²) >= 11 is 0. The van der Waals surface area contributed by atoms with Crippen LogP contribution >= 0.6 is 0 Å². The summed E-state index contributed by atoms with van der Waals surface area (Å²) in [6, 6.07) is 3.75. The van der Waals surface area contributed by atoms with E-state index in [1.165, 1.54) is 0 Å². The number of hydrogen-bond donors (Lipinski definition) is 2. The topological polar surface area (TPSA) is 67.4 Å². The molecule has 18 heavy (non-hydrogen) atoms. The first-order valence-electron chi connectivity index (χ1n) is 6.00. The van der Waals surface area contributed by atoms with Crippen LogP contribution in [0.4, 0.5) is 0 Å². The smallest absolute Gasteiger partial charge is 0.163 e. The number of aryl methyl sites for hydroxylation is 1. The number of rotatable bonds is 6. The Bertz CT molecular complexity index is 481. The number of hydrogen-bond acceptors (Lipinski definition) is 4. The number of aliphatic hydroxyl groups is 1. The molecule has 0 fully saturated rings. The summed E-state index contributed by atoms with van der Waals surface area (Å²) in [4.78, 5) is 7.75. The van der Waals surface area contributed by atoms with Gasteiger partial charge in [0.05, 0.1) is 25.3 Å². The van der Waals surface area contributed by atoms with E-state index in [0.717, 1.165) is 36.1 Å². The zero-order chi connectivity index (χ0) is 13.0. The van der Waals surface area contributed by atoms with Gasteiger partial charge in [-0.1, -0.05) is 0 Å². The number of imidazole rings is 1. The van der Waals surface area contributed by atoms with Crippen molar-refractivity contribution in [2.75, 3.05) is 20.8 Å². The number of nitrogens with one attached hydrogen (secondary N) is 1. The van der Waals surface area contributed by atoms with Crippen LogP contribution in [-0.4, -0.2) is 35.9 Å². The zero-order valence-electron chi connectivity index (χ0n) is 10.7. The number of methoxy groups -OCH3 is 2. The van der Waals surface area contributed by atoms with E-state index in [1.54, 1.807) is 14.2 Å². The number of aromatic nitrogens is 2. The summed E-state index contributed by atoms with van der Waals surface area (Å²) in [6.07, 6.45) is 2.55. The van der Waals surface area contributed by atoms with E-state index in [0.29, 0.717) is 11.5 Å². The Hall–Kier alpha value is -1.75. The highest BCUT2D eigenvalue weighted by molar-refractivity contribution is 5.79. The molecule has 1 aromatic carbocycles. The van der Waals surface area contributed by atoms with Crippen LogP contribution in [-0.2, 0) is 6.42 Å². The first kappa shape index (κ1) is 12.7. The predicted molar refractivity (Wildman–Crippen MR) is 69.2 cm³/mol. The molecule has 0 saturated heterocycles. The first-order chi connectivity index (χ1) is 8.78.